The third-order valence-corrected chi connectivity index (χ3v) is 9.85. The van der Waals surface area contributed by atoms with Crippen molar-refractivity contribution in [3.8, 4) is 16.9 Å². The number of carbonyl (C=O) groups excluding carboxylic acids is 1. The zero-order valence-corrected chi connectivity index (χ0v) is 26.1. The fourth-order valence-corrected chi connectivity index (χ4v) is 7.07. The lowest BCUT2D eigenvalue weighted by Gasteiger charge is -2.40. The first-order valence-electron chi connectivity index (χ1n) is 14.3. The molecule has 1 aliphatic carbocycles. The molecule has 1 atom stereocenters. The number of aromatic nitrogens is 4. The van der Waals surface area contributed by atoms with Gasteiger partial charge in [0.25, 0.3) is 0 Å². The Hall–Kier alpha value is -4.23. The first kappa shape index (κ1) is 30.8. The van der Waals surface area contributed by atoms with E-state index in [0.29, 0.717) is 18.8 Å². The van der Waals surface area contributed by atoms with Crippen LogP contribution in [0.5, 0.6) is 0 Å². The van der Waals surface area contributed by atoms with E-state index in [9.17, 15) is 22.4 Å². The monoisotopic (exact) mass is 654 g/mol. The highest BCUT2D eigenvalue weighted by molar-refractivity contribution is 7.90. The average molecular weight is 655 g/mol. The van der Waals surface area contributed by atoms with Crippen LogP contribution in [0.4, 0.5) is 14.6 Å². The highest BCUT2D eigenvalue weighted by Crippen LogP contribution is 2.41. The van der Waals surface area contributed by atoms with Crippen molar-refractivity contribution in [1.82, 2.24) is 24.4 Å². The molecule has 0 radical (unpaired) electrons. The number of anilines is 1. The van der Waals surface area contributed by atoms with Gasteiger partial charge < -0.3 is 9.80 Å². The number of rotatable bonds is 6. The minimum atomic E-state index is -3.89. The van der Waals surface area contributed by atoms with Crippen LogP contribution in [0.3, 0.4) is 0 Å². The van der Waals surface area contributed by atoms with E-state index in [4.69, 9.17) is 11.6 Å². The molecule has 3 aromatic heterocycles. The predicted molar refractivity (Wildman–Crippen MR) is 167 cm³/mol. The molecule has 1 amide bonds. The Labute approximate surface area is 262 Å². The number of hydrogen-bond acceptors (Lipinski definition) is 8. The van der Waals surface area contributed by atoms with Gasteiger partial charge >= 0.3 is 5.69 Å². The molecule has 2 aliphatic rings. The summed E-state index contributed by atoms with van der Waals surface area (Å²) in [7, 11) is -3.89. The van der Waals surface area contributed by atoms with Crippen LogP contribution in [0.15, 0.2) is 58.9 Å². The summed E-state index contributed by atoms with van der Waals surface area (Å²) >= 11 is 6.31. The van der Waals surface area contributed by atoms with E-state index < -0.39 is 27.2 Å². The molecule has 10 nitrogen and oxygen atoms in total. The van der Waals surface area contributed by atoms with E-state index in [1.807, 2.05) is 6.92 Å². The Morgan fingerprint density at radius 3 is 2.51 bits per heavy atom. The third-order valence-electron chi connectivity index (χ3n) is 8.40. The van der Waals surface area contributed by atoms with Crippen LogP contribution < -0.4 is 10.6 Å². The van der Waals surface area contributed by atoms with E-state index in [2.05, 4.69) is 21.5 Å². The molecule has 0 spiro atoms. The predicted octanol–water partition coefficient (Wildman–Crippen LogP) is 4.67. The molecule has 1 aromatic carbocycles. The first-order valence-corrected chi connectivity index (χ1v) is 16.6. The summed E-state index contributed by atoms with van der Waals surface area (Å²) in [5, 5.41) is 0.0289. The zero-order valence-electron chi connectivity index (χ0n) is 24.5. The molecule has 45 heavy (non-hydrogen) atoms. The highest BCUT2D eigenvalue weighted by Gasteiger charge is 2.33. The summed E-state index contributed by atoms with van der Waals surface area (Å²) in [6.07, 6.45) is 6.06. The van der Waals surface area contributed by atoms with E-state index in [1.54, 1.807) is 9.80 Å². The largest absolute Gasteiger partial charge is 0.355 e. The third kappa shape index (κ3) is 5.48. The Morgan fingerprint density at radius 1 is 1.13 bits per heavy atom. The lowest BCUT2D eigenvalue weighted by Crippen LogP contribution is -2.54. The maximum atomic E-state index is 16.0. The topological polar surface area (TPSA) is 118 Å². The van der Waals surface area contributed by atoms with Crippen LogP contribution in [0.2, 0.25) is 5.02 Å². The molecule has 6 rings (SSSR count). The molecule has 0 N–H and O–H groups in total. The van der Waals surface area contributed by atoms with Gasteiger partial charge in [0.15, 0.2) is 15.5 Å². The summed E-state index contributed by atoms with van der Waals surface area (Å²) in [4.78, 5) is 43.2. The van der Waals surface area contributed by atoms with Gasteiger partial charge in [-0.05, 0) is 56.2 Å². The fraction of sp³-hybridized carbons (Fsp3) is 0.323. The summed E-state index contributed by atoms with van der Waals surface area (Å²) in [5.74, 6) is -1.66. The molecular weight excluding hydrogens is 626 g/mol. The summed E-state index contributed by atoms with van der Waals surface area (Å²) in [5.41, 5.74) is -0.682. The average Bonchev–Trinajstić information content (AvgIpc) is 2.95. The number of amides is 1. The molecule has 1 saturated heterocycles. The number of sulfone groups is 1. The SMILES string of the molecule is C=CC(=O)N1CCN(c2nc(=O)n(-c3c(S(C)(=O)=O)ccnc3C3CCC3)c3nc(-c4ccc(F)cc4Cl)c(F)cc23)[C@@H](C)C1. The Kier molecular flexibility index (Phi) is 7.94. The lowest BCUT2D eigenvalue weighted by atomic mass is 9.82. The van der Waals surface area contributed by atoms with Crippen LogP contribution in [-0.4, -0.2) is 70.7 Å². The lowest BCUT2D eigenvalue weighted by molar-refractivity contribution is -0.126. The van der Waals surface area contributed by atoms with Gasteiger partial charge in [-0.3, -0.25) is 9.78 Å². The molecule has 4 heterocycles. The van der Waals surface area contributed by atoms with Crippen molar-refractivity contribution in [2.45, 2.75) is 43.0 Å². The van der Waals surface area contributed by atoms with Crippen molar-refractivity contribution in [3.63, 3.8) is 0 Å². The number of nitrogens with zero attached hydrogens (tertiary/aromatic N) is 6. The summed E-state index contributed by atoms with van der Waals surface area (Å²) in [6.45, 7) is 6.26. The van der Waals surface area contributed by atoms with Gasteiger partial charge in [0.2, 0.25) is 5.91 Å². The van der Waals surface area contributed by atoms with Gasteiger partial charge in [0.05, 0.1) is 26.7 Å². The number of halogens is 3. The van der Waals surface area contributed by atoms with Crippen molar-refractivity contribution in [2.75, 3.05) is 30.8 Å². The quantitative estimate of drug-likeness (QED) is 0.276. The van der Waals surface area contributed by atoms with E-state index in [0.717, 1.165) is 42.2 Å². The molecule has 234 valence electrons. The van der Waals surface area contributed by atoms with Crippen molar-refractivity contribution in [3.05, 3.63) is 82.0 Å². The van der Waals surface area contributed by atoms with Crippen LogP contribution in [0, 0.1) is 11.6 Å². The second-order valence-electron chi connectivity index (χ2n) is 11.3. The molecule has 1 aliphatic heterocycles. The maximum absolute atomic E-state index is 16.0. The summed E-state index contributed by atoms with van der Waals surface area (Å²) in [6, 6.07) is 5.57. The van der Waals surface area contributed by atoms with E-state index in [-0.39, 0.29) is 68.1 Å². The second kappa shape index (κ2) is 11.6. The van der Waals surface area contributed by atoms with Gasteiger partial charge in [0.1, 0.15) is 23.1 Å². The van der Waals surface area contributed by atoms with Gasteiger partial charge in [-0.25, -0.2) is 31.5 Å². The maximum Gasteiger partial charge on any atom is 0.355 e. The highest BCUT2D eigenvalue weighted by atomic mass is 35.5. The van der Waals surface area contributed by atoms with E-state index in [1.165, 1.54) is 30.5 Å². The van der Waals surface area contributed by atoms with Gasteiger partial charge in [0, 0.05) is 49.6 Å². The number of hydrogen-bond donors (Lipinski definition) is 0. The van der Waals surface area contributed by atoms with Crippen LogP contribution in [-0.2, 0) is 14.6 Å². The molecule has 0 unspecified atom stereocenters. The number of fused-ring (bicyclic) bond motifs is 1. The molecule has 14 heteroatoms. The first-order chi connectivity index (χ1) is 21.4. The molecular formula is C31H29ClF2N6O4S. The molecule has 1 saturated carbocycles. The number of pyridine rings is 2. The fourth-order valence-electron chi connectivity index (χ4n) is 5.95. The zero-order chi connectivity index (χ0) is 32.2. The van der Waals surface area contributed by atoms with Gasteiger partial charge in [-0.1, -0.05) is 24.6 Å². The van der Waals surface area contributed by atoms with E-state index >= 15 is 4.39 Å². The number of carbonyl (C=O) groups is 1. The normalized spacial score (nSPS) is 17.4. The minimum Gasteiger partial charge on any atom is -0.350 e. The number of benzene rings is 1. The Morgan fingerprint density at radius 2 is 1.89 bits per heavy atom. The minimum absolute atomic E-state index is 0.0171. The van der Waals surface area contributed by atoms with Crippen LogP contribution in [0.25, 0.3) is 28.0 Å². The van der Waals surface area contributed by atoms with Gasteiger partial charge in [-0.2, -0.15) is 4.98 Å². The Bertz CT molecular complexity index is 2050. The van der Waals surface area contributed by atoms with Crippen molar-refractivity contribution in [2.24, 2.45) is 0 Å². The van der Waals surface area contributed by atoms with Crippen molar-refractivity contribution < 1.29 is 22.0 Å². The van der Waals surface area contributed by atoms with Crippen LogP contribution in [0.1, 0.15) is 37.8 Å². The van der Waals surface area contributed by atoms with Crippen molar-refractivity contribution in [1.29, 1.82) is 0 Å². The standard InChI is InChI=1S/C31H29ClF2N6O4S/c1-4-25(41)38-12-13-39(17(2)16-38)29-21-15-23(34)27(20-9-8-19(33)14-22(20)32)36-30(21)40(31(42)37-29)28-24(45(3,43)44)10-11-35-26(28)18-6-5-7-18/h4,8-11,14-15,17-18H,1,5-7,12-13,16H2,2-3H3/t17-/m0/s1. The smallest absolute Gasteiger partial charge is 0.350 e. The summed E-state index contributed by atoms with van der Waals surface area (Å²) < 4.78 is 57.2. The van der Waals surface area contributed by atoms with Crippen LogP contribution >= 0.6 is 11.6 Å². The molecule has 0 bridgehead atoms. The van der Waals surface area contributed by atoms with Gasteiger partial charge in [-0.15, -0.1) is 0 Å². The molecule has 2 fully saturated rings. The second-order valence-corrected chi connectivity index (χ2v) is 13.7. The van der Waals surface area contributed by atoms with Crippen molar-refractivity contribution >= 4 is 44.2 Å². The number of piperazine rings is 1. The molecule has 4 aromatic rings. The Balaban J connectivity index is 1.67.